The zero-order valence-electron chi connectivity index (χ0n) is 13.0. The molecule has 0 aromatic heterocycles. The molecule has 0 N–H and O–H groups in total. The van der Waals surface area contributed by atoms with Gasteiger partial charge >= 0.3 is 0 Å². The summed E-state index contributed by atoms with van der Waals surface area (Å²) in [7, 11) is 1.56. The Morgan fingerprint density at radius 2 is 2.04 bits per heavy atom. The van der Waals surface area contributed by atoms with Gasteiger partial charge in [0, 0.05) is 38.3 Å². The molecule has 0 bridgehead atoms. The van der Waals surface area contributed by atoms with Crippen molar-refractivity contribution < 1.29 is 14.5 Å². The van der Waals surface area contributed by atoms with Crippen molar-refractivity contribution in [2.24, 2.45) is 0 Å². The molecule has 7 heteroatoms. The molecule has 0 spiro atoms. The summed E-state index contributed by atoms with van der Waals surface area (Å²) >= 11 is 0. The third kappa shape index (κ3) is 4.64. The summed E-state index contributed by atoms with van der Waals surface area (Å²) in [5.41, 5.74) is 0.531. The Balaban J connectivity index is 1.93. The number of nitro groups is 1. The van der Waals surface area contributed by atoms with Gasteiger partial charge in [0.15, 0.2) is 0 Å². The van der Waals surface area contributed by atoms with Crippen LogP contribution in [0.25, 0.3) is 6.08 Å². The molecule has 122 valence electrons. The first-order valence-corrected chi connectivity index (χ1v) is 7.43. The van der Waals surface area contributed by atoms with Crippen LogP contribution < -0.4 is 0 Å². The van der Waals surface area contributed by atoms with Crippen molar-refractivity contribution in [1.82, 2.24) is 9.80 Å². The van der Waals surface area contributed by atoms with Crippen LogP contribution in [0.15, 0.2) is 30.3 Å². The number of amides is 2. The van der Waals surface area contributed by atoms with Gasteiger partial charge in [-0.25, -0.2) is 0 Å². The van der Waals surface area contributed by atoms with Gasteiger partial charge in [-0.1, -0.05) is 12.1 Å². The maximum Gasteiger partial charge on any atom is 0.270 e. The Bertz CT molecular complexity index is 636. The molecular formula is C16H19N3O4. The molecule has 2 amide bonds. The molecule has 1 heterocycles. The minimum absolute atomic E-state index is 0.0304. The first-order chi connectivity index (χ1) is 11.0. The number of carbonyl (C=O) groups excluding carboxylic acids is 2. The maximum atomic E-state index is 12.0. The van der Waals surface area contributed by atoms with E-state index in [1.165, 1.54) is 29.2 Å². The predicted molar refractivity (Wildman–Crippen MR) is 85.6 cm³/mol. The fraction of sp³-hybridized carbons (Fsp3) is 0.375. The standard InChI is InChI=1S/C16H19N3O4/c1-17(12-16(21)18-9-2-3-10-18)15(20)8-7-13-5-4-6-14(11-13)19(22)23/h4-8,11H,2-3,9-10,12H2,1H3. The second kappa shape index (κ2) is 7.53. The molecule has 1 aromatic carbocycles. The summed E-state index contributed by atoms with van der Waals surface area (Å²) in [6, 6.07) is 6.01. The molecule has 0 unspecified atom stereocenters. The van der Waals surface area contributed by atoms with Gasteiger partial charge in [0.05, 0.1) is 11.5 Å². The lowest BCUT2D eigenvalue weighted by molar-refractivity contribution is -0.384. The van der Waals surface area contributed by atoms with Gasteiger partial charge in [0.25, 0.3) is 5.69 Å². The Morgan fingerprint density at radius 1 is 1.35 bits per heavy atom. The van der Waals surface area contributed by atoms with Crippen molar-refractivity contribution in [2.75, 3.05) is 26.7 Å². The van der Waals surface area contributed by atoms with Gasteiger partial charge < -0.3 is 9.80 Å². The zero-order valence-corrected chi connectivity index (χ0v) is 13.0. The number of nitrogens with zero attached hydrogens (tertiary/aromatic N) is 3. The molecular weight excluding hydrogens is 298 g/mol. The molecule has 0 saturated carbocycles. The number of carbonyl (C=O) groups is 2. The van der Waals surface area contributed by atoms with Gasteiger partial charge in [0.1, 0.15) is 0 Å². The highest BCUT2D eigenvalue weighted by Crippen LogP contribution is 2.14. The molecule has 1 saturated heterocycles. The molecule has 0 aliphatic carbocycles. The highest BCUT2D eigenvalue weighted by molar-refractivity contribution is 5.94. The van der Waals surface area contributed by atoms with Crippen LogP contribution in [0.1, 0.15) is 18.4 Å². The van der Waals surface area contributed by atoms with Gasteiger partial charge in [-0.15, -0.1) is 0 Å². The first kappa shape index (κ1) is 16.7. The minimum atomic E-state index is -0.486. The lowest BCUT2D eigenvalue weighted by Gasteiger charge is -2.20. The van der Waals surface area contributed by atoms with E-state index in [0.717, 1.165) is 25.9 Å². The number of benzene rings is 1. The van der Waals surface area contributed by atoms with Crippen LogP contribution in [-0.2, 0) is 9.59 Å². The average Bonchev–Trinajstić information content (AvgIpc) is 3.07. The van der Waals surface area contributed by atoms with Crippen LogP contribution in [0.4, 0.5) is 5.69 Å². The summed E-state index contributed by atoms with van der Waals surface area (Å²) < 4.78 is 0. The smallest absolute Gasteiger partial charge is 0.270 e. The second-order valence-electron chi connectivity index (χ2n) is 5.47. The van der Waals surface area contributed by atoms with E-state index in [0.29, 0.717) is 5.56 Å². The molecule has 1 aliphatic rings. The second-order valence-corrected chi connectivity index (χ2v) is 5.47. The fourth-order valence-electron chi connectivity index (χ4n) is 2.38. The Morgan fingerprint density at radius 3 is 2.70 bits per heavy atom. The van der Waals surface area contributed by atoms with E-state index in [9.17, 15) is 19.7 Å². The quantitative estimate of drug-likeness (QED) is 0.470. The molecule has 7 nitrogen and oxygen atoms in total. The van der Waals surface area contributed by atoms with Gasteiger partial charge in [-0.05, 0) is 24.5 Å². The van der Waals surface area contributed by atoms with Crippen molar-refractivity contribution in [1.29, 1.82) is 0 Å². The largest absolute Gasteiger partial charge is 0.341 e. The van der Waals surface area contributed by atoms with E-state index in [2.05, 4.69) is 0 Å². The van der Waals surface area contributed by atoms with Crippen LogP contribution in [0.3, 0.4) is 0 Å². The minimum Gasteiger partial charge on any atom is -0.341 e. The summed E-state index contributed by atoms with van der Waals surface area (Å²) in [5.74, 6) is -0.369. The van der Waals surface area contributed by atoms with Crippen LogP contribution >= 0.6 is 0 Å². The molecule has 1 fully saturated rings. The number of hydrogen-bond acceptors (Lipinski definition) is 4. The van der Waals surface area contributed by atoms with Crippen molar-refractivity contribution >= 4 is 23.6 Å². The van der Waals surface area contributed by atoms with Crippen molar-refractivity contribution in [3.63, 3.8) is 0 Å². The van der Waals surface area contributed by atoms with Gasteiger partial charge in [0.2, 0.25) is 11.8 Å². The fourth-order valence-corrected chi connectivity index (χ4v) is 2.38. The van der Waals surface area contributed by atoms with Crippen LogP contribution in [0.5, 0.6) is 0 Å². The Kier molecular flexibility index (Phi) is 5.46. The van der Waals surface area contributed by atoms with Crippen molar-refractivity contribution in [2.45, 2.75) is 12.8 Å². The van der Waals surface area contributed by atoms with E-state index in [1.54, 1.807) is 24.1 Å². The van der Waals surface area contributed by atoms with Crippen LogP contribution in [0.2, 0.25) is 0 Å². The van der Waals surface area contributed by atoms with Crippen molar-refractivity contribution in [3.05, 3.63) is 46.0 Å². The SMILES string of the molecule is CN(CC(=O)N1CCCC1)C(=O)C=Cc1cccc([N+](=O)[O-])c1. The lowest BCUT2D eigenvalue weighted by atomic mass is 10.2. The topological polar surface area (TPSA) is 83.8 Å². The molecule has 1 aliphatic heterocycles. The predicted octanol–water partition coefficient (Wildman–Crippen LogP) is 1.69. The zero-order chi connectivity index (χ0) is 16.8. The third-order valence-electron chi connectivity index (χ3n) is 3.71. The summed E-state index contributed by atoms with van der Waals surface area (Å²) in [5, 5.41) is 10.7. The molecule has 0 atom stereocenters. The summed E-state index contributed by atoms with van der Waals surface area (Å²) in [6.07, 6.45) is 4.84. The van der Waals surface area contributed by atoms with Gasteiger partial charge in [-0.2, -0.15) is 0 Å². The lowest BCUT2D eigenvalue weighted by Crippen LogP contribution is -2.39. The van der Waals surface area contributed by atoms with E-state index >= 15 is 0 Å². The van der Waals surface area contributed by atoms with Gasteiger partial charge in [-0.3, -0.25) is 19.7 Å². The molecule has 0 radical (unpaired) electrons. The highest BCUT2D eigenvalue weighted by atomic mass is 16.6. The highest BCUT2D eigenvalue weighted by Gasteiger charge is 2.20. The third-order valence-corrected chi connectivity index (χ3v) is 3.71. The maximum absolute atomic E-state index is 12.0. The number of rotatable bonds is 5. The first-order valence-electron chi connectivity index (χ1n) is 7.43. The number of hydrogen-bond donors (Lipinski definition) is 0. The normalized spacial score (nSPS) is 14.2. The van der Waals surface area contributed by atoms with Crippen molar-refractivity contribution in [3.8, 4) is 0 Å². The summed E-state index contributed by atoms with van der Waals surface area (Å²) in [6.45, 7) is 1.55. The number of nitro benzene ring substituents is 1. The summed E-state index contributed by atoms with van der Waals surface area (Å²) in [4.78, 5) is 37.3. The van der Waals surface area contributed by atoms with E-state index in [4.69, 9.17) is 0 Å². The number of non-ortho nitro benzene ring substituents is 1. The van der Waals surface area contributed by atoms with Crippen LogP contribution in [-0.4, -0.2) is 53.2 Å². The number of likely N-dealkylation sites (N-methyl/N-ethyl adjacent to an activating group) is 1. The molecule has 2 rings (SSSR count). The Labute approximate surface area is 134 Å². The Hall–Kier alpha value is -2.70. The van der Waals surface area contributed by atoms with E-state index in [-0.39, 0.29) is 24.0 Å². The number of likely N-dealkylation sites (tertiary alicyclic amines) is 1. The van der Waals surface area contributed by atoms with E-state index in [1.807, 2.05) is 0 Å². The average molecular weight is 317 g/mol. The molecule has 23 heavy (non-hydrogen) atoms. The van der Waals surface area contributed by atoms with E-state index < -0.39 is 4.92 Å². The molecule has 1 aromatic rings. The van der Waals surface area contributed by atoms with Crippen LogP contribution in [0, 0.1) is 10.1 Å². The monoisotopic (exact) mass is 317 g/mol.